The Bertz CT molecular complexity index is 691. The van der Waals surface area contributed by atoms with Crippen molar-refractivity contribution in [1.29, 1.82) is 0 Å². The molecule has 0 bridgehead atoms. The number of amides is 2. The van der Waals surface area contributed by atoms with Crippen LogP contribution in [-0.4, -0.2) is 110 Å². The van der Waals surface area contributed by atoms with Crippen LogP contribution in [0.1, 0.15) is 33.6 Å². The second-order valence-corrected chi connectivity index (χ2v) is 6.88. The molecular weight excluding hydrogens is 442 g/mol. The molecule has 2 amide bonds. The molecule has 1 saturated heterocycles. The molecule has 0 atom stereocenters. The minimum atomic E-state index is -0.926. The Hall–Kier alpha value is -3.06. The van der Waals surface area contributed by atoms with Crippen molar-refractivity contribution < 1.29 is 47.8 Å². The molecular formula is C20H31N3O10. The van der Waals surface area contributed by atoms with E-state index in [1.807, 2.05) is 0 Å². The van der Waals surface area contributed by atoms with E-state index in [1.165, 1.54) is 9.80 Å². The second kappa shape index (κ2) is 14.9. The summed E-state index contributed by atoms with van der Waals surface area (Å²) in [6.45, 7) is 4.38. The van der Waals surface area contributed by atoms with Crippen LogP contribution < -0.4 is 0 Å². The Balaban J connectivity index is 2.80. The number of nitrogens with zero attached hydrogens (tertiary/aromatic N) is 3. The number of hydroxylamine groups is 2. The Kier molecular flexibility index (Phi) is 12.6. The van der Waals surface area contributed by atoms with Gasteiger partial charge in [0.05, 0.1) is 39.5 Å². The first-order chi connectivity index (χ1) is 15.7. The van der Waals surface area contributed by atoms with Gasteiger partial charge in [0.15, 0.2) is 0 Å². The predicted octanol–water partition coefficient (Wildman–Crippen LogP) is -1.11. The molecule has 1 aliphatic heterocycles. The molecule has 1 fully saturated rings. The summed E-state index contributed by atoms with van der Waals surface area (Å²) in [7, 11) is 0. The number of carbonyl (C=O) groups is 6. The number of imide groups is 1. The maximum absolute atomic E-state index is 12.3. The molecule has 13 heteroatoms. The fourth-order valence-electron chi connectivity index (χ4n) is 2.85. The molecule has 13 nitrogen and oxygen atoms in total. The maximum atomic E-state index is 12.3. The Labute approximate surface area is 191 Å². The fraction of sp³-hybridized carbons (Fsp3) is 0.700. The lowest BCUT2D eigenvalue weighted by molar-refractivity contribution is -0.198. The van der Waals surface area contributed by atoms with Gasteiger partial charge in [-0.2, -0.15) is 0 Å². The van der Waals surface area contributed by atoms with Crippen LogP contribution in [0.5, 0.6) is 0 Å². The Morgan fingerprint density at radius 2 is 1.00 bits per heavy atom. The molecule has 0 N–H and O–H groups in total. The van der Waals surface area contributed by atoms with Gasteiger partial charge in [-0.3, -0.25) is 33.8 Å². The van der Waals surface area contributed by atoms with E-state index in [2.05, 4.69) is 0 Å². The van der Waals surface area contributed by atoms with E-state index in [0.717, 1.165) is 0 Å². The summed E-state index contributed by atoms with van der Waals surface area (Å²) in [6, 6.07) is 0. The monoisotopic (exact) mass is 473 g/mol. The summed E-state index contributed by atoms with van der Waals surface area (Å²) < 4.78 is 14.7. The van der Waals surface area contributed by atoms with Crippen molar-refractivity contribution >= 4 is 35.7 Å². The third-order valence-corrected chi connectivity index (χ3v) is 4.26. The van der Waals surface area contributed by atoms with Gasteiger partial charge in [0.1, 0.15) is 6.54 Å². The lowest BCUT2D eigenvalue weighted by Crippen LogP contribution is -2.45. The first-order valence-electron chi connectivity index (χ1n) is 10.7. The molecule has 1 aliphatic rings. The smallest absolute Gasteiger partial charge is 0.347 e. The quantitative estimate of drug-likeness (QED) is 0.161. The van der Waals surface area contributed by atoms with Crippen molar-refractivity contribution in [2.24, 2.45) is 0 Å². The van der Waals surface area contributed by atoms with Gasteiger partial charge in [-0.25, -0.2) is 4.79 Å². The van der Waals surface area contributed by atoms with Crippen LogP contribution in [0.3, 0.4) is 0 Å². The highest BCUT2D eigenvalue weighted by molar-refractivity contribution is 6.01. The molecule has 1 heterocycles. The number of hydrogen-bond acceptors (Lipinski definition) is 12. The van der Waals surface area contributed by atoms with Gasteiger partial charge in [-0.15, -0.1) is 5.06 Å². The van der Waals surface area contributed by atoms with Gasteiger partial charge in [0.2, 0.25) is 0 Å². The van der Waals surface area contributed by atoms with E-state index in [1.54, 1.807) is 20.8 Å². The van der Waals surface area contributed by atoms with Crippen LogP contribution in [0.4, 0.5) is 0 Å². The third-order valence-electron chi connectivity index (χ3n) is 4.26. The summed E-state index contributed by atoms with van der Waals surface area (Å²) in [5, 5.41) is 0.415. The second-order valence-electron chi connectivity index (χ2n) is 6.88. The zero-order valence-electron chi connectivity index (χ0n) is 19.2. The molecule has 0 aromatic carbocycles. The first-order valence-corrected chi connectivity index (χ1v) is 10.7. The molecule has 0 radical (unpaired) electrons. The normalized spacial score (nSPS) is 13.4. The highest BCUT2D eigenvalue weighted by Crippen LogP contribution is 2.12. The third kappa shape index (κ3) is 10.9. The maximum Gasteiger partial charge on any atom is 0.347 e. The first kappa shape index (κ1) is 28.0. The molecule has 0 aromatic rings. The lowest BCUT2D eigenvalue weighted by Gasteiger charge is -2.25. The number of ether oxygens (including phenoxy) is 3. The minimum Gasteiger partial charge on any atom is -0.465 e. The van der Waals surface area contributed by atoms with E-state index in [4.69, 9.17) is 19.0 Å². The van der Waals surface area contributed by atoms with E-state index in [-0.39, 0.29) is 65.4 Å². The summed E-state index contributed by atoms with van der Waals surface area (Å²) >= 11 is 0. The highest BCUT2D eigenvalue weighted by Gasteiger charge is 2.33. The minimum absolute atomic E-state index is 0.0463. The van der Waals surface area contributed by atoms with Crippen molar-refractivity contribution in [3.63, 3.8) is 0 Å². The zero-order valence-corrected chi connectivity index (χ0v) is 19.2. The van der Waals surface area contributed by atoms with Gasteiger partial charge in [0.25, 0.3) is 11.8 Å². The SMILES string of the molecule is CCOC(=O)CN(CCN(CC(=O)OCC)CC(=O)ON1C(=O)CCC1=O)CC(=O)OCC. The van der Waals surface area contributed by atoms with Crippen molar-refractivity contribution in [1.82, 2.24) is 14.9 Å². The summed E-state index contributed by atoms with van der Waals surface area (Å²) in [5.74, 6) is -3.89. The number of rotatable bonds is 15. The molecule has 0 saturated carbocycles. The average molecular weight is 473 g/mol. The molecule has 0 aromatic heterocycles. The summed E-state index contributed by atoms with van der Waals surface area (Å²) in [5.41, 5.74) is 0. The van der Waals surface area contributed by atoms with Crippen LogP contribution in [0.2, 0.25) is 0 Å². The van der Waals surface area contributed by atoms with Gasteiger partial charge < -0.3 is 19.0 Å². The topological polar surface area (TPSA) is 149 Å². The molecule has 33 heavy (non-hydrogen) atoms. The van der Waals surface area contributed by atoms with Crippen LogP contribution in [0, 0.1) is 0 Å². The fourth-order valence-corrected chi connectivity index (χ4v) is 2.85. The number of esters is 3. The largest absolute Gasteiger partial charge is 0.465 e. The molecule has 186 valence electrons. The van der Waals surface area contributed by atoms with Crippen molar-refractivity contribution in [2.45, 2.75) is 33.6 Å². The van der Waals surface area contributed by atoms with Crippen LogP contribution in [-0.2, 0) is 47.8 Å². The van der Waals surface area contributed by atoms with Gasteiger partial charge in [0, 0.05) is 25.9 Å². The number of carbonyl (C=O) groups excluding carboxylic acids is 6. The van der Waals surface area contributed by atoms with E-state index < -0.39 is 42.2 Å². The van der Waals surface area contributed by atoms with Crippen molar-refractivity contribution in [3.8, 4) is 0 Å². The zero-order chi connectivity index (χ0) is 24.8. The van der Waals surface area contributed by atoms with Gasteiger partial charge in [-0.05, 0) is 20.8 Å². The van der Waals surface area contributed by atoms with E-state index in [9.17, 15) is 28.8 Å². The lowest BCUT2D eigenvalue weighted by atomic mass is 10.3. The highest BCUT2D eigenvalue weighted by atomic mass is 16.7. The van der Waals surface area contributed by atoms with Crippen molar-refractivity contribution in [2.75, 3.05) is 59.1 Å². The van der Waals surface area contributed by atoms with Crippen LogP contribution in [0.25, 0.3) is 0 Å². The van der Waals surface area contributed by atoms with Gasteiger partial charge in [-0.1, -0.05) is 0 Å². The Morgan fingerprint density at radius 3 is 1.33 bits per heavy atom. The summed E-state index contributed by atoms with van der Waals surface area (Å²) in [4.78, 5) is 79.0. The molecule has 1 rings (SSSR count). The van der Waals surface area contributed by atoms with E-state index in [0.29, 0.717) is 5.06 Å². The van der Waals surface area contributed by atoms with E-state index >= 15 is 0 Å². The molecule has 0 spiro atoms. The average Bonchev–Trinajstić information content (AvgIpc) is 3.04. The van der Waals surface area contributed by atoms with Crippen LogP contribution in [0.15, 0.2) is 0 Å². The Morgan fingerprint density at radius 1 is 0.667 bits per heavy atom. The molecule has 0 aliphatic carbocycles. The number of hydrogen-bond donors (Lipinski definition) is 0. The molecule has 0 unspecified atom stereocenters. The summed E-state index contributed by atoms with van der Waals surface area (Å²) in [6.07, 6.45) is -0.0926. The van der Waals surface area contributed by atoms with Crippen molar-refractivity contribution in [3.05, 3.63) is 0 Å². The predicted molar refractivity (Wildman–Crippen MR) is 110 cm³/mol. The van der Waals surface area contributed by atoms with Gasteiger partial charge >= 0.3 is 23.9 Å². The standard InChI is InChI=1S/C20H31N3O10/c1-4-30-17(26)11-21(12-18(27)31-5-2)9-10-22(13-19(28)32-6-3)14-20(29)33-23-15(24)7-8-16(23)25/h4-14H2,1-3H3. The van der Waals surface area contributed by atoms with Crippen LogP contribution >= 0.6 is 0 Å².